The van der Waals surface area contributed by atoms with Crippen LogP contribution in [0, 0.1) is 29.6 Å². The number of amides is 1. The second-order valence-corrected chi connectivity index (χ2v) is 10.2. The molecule has 4 fully saturated rings. The average Bonchev–Trinajstić information content (AvgIpc) is 3.04. The Kier molecular flexibility index (Phi) is 3.68. The highest BCUT2D eigenvalue weighted by Gasteiger charge is 2.68. The number of rotatable bonds is 3. The van der Waals surface area contributed by atoms with Crippen LogP contribution >= 0.6 is 11.3 Å². The summed E-state index contributed by atoms with van der Waals surface area (Å²) in [5.41, 5.74) is 8.23. The summed E-state index contributed by atoms with van der Waals surface area (Å²) in [6.45, 7) is 1.66. The maximum Gasteiger partial charge on any atom is 0.226 e. The zero-order chi connectivity index (χ0) is 18.9. The second-order valence-electron chi connectivity index (χ2n) is 9.36. The third-order valence-electron chi connectivity index (χ3n) is 8.29. The molecule has 4 aliphatic rings. The van der Waals surface area contributed by atoms with Gasteiger partial charge < -0.3 is 10.6 Å². The molecule has 3 saturated carbocycles. The Labute approximate surface area is 170 Å². The minimum absolute atomic E-state index is 0.120. The highest BCUT2D eigenvalue weighted by molar-refractivity contribution is 7.13. The number of fused-ring (bicyclic) bond motifs is 5. The Morgan fingerprint density at radius 2 is 1.79 bits per heavy atom. The number of aromatic nitrogens is 1. The molecule has 4 nitrogen and oxygen atoms in total. The molecule has 2 heterocycles. The first-order valence-electron chi connectivity index (χ1n) is 10.7. The Hall–Kier alpha value is -1.88. The number of nitrogens with two attached hydrogens (primary N) is 1. The molecule has 6 rings (SSSR count). The Balaban J connectivity index is 1.23. The van der Waals surface area contributed by atoms with E-state index in [1.807, 2.05) is 0 Å². The molecule has 28 heavy (non-hydrogen) atoms. The molecule has 1 aromatic heterocycles. The van der Waals surface area contributed by atoms with Crippen molar-refractivity contribution < 1.29 is 4.79 Å². The Morgan fingerprint density at radius 3 is 2.39 bits per heavy atom. The van der Waals surface area contributed by atoms with Gasteiger partial charge in [-0.15, -0.1) is 11.3 Å². The van der Waals surface area contributed by atoms with Crippen molar-refractivity contribution in [1.29, 1.82) is 0 Å². The summed E-state index contributed by atoms with van der Waals surface area (Å²) in [5, 5.41) is 2.74. The van der Waals surface area contributed by atoms with Crippen molar-refractivity contribution in [3.63, 3.8) is 0 Å². The summed E-state index contributed by atoms with van der Waals surface area (Å²) < 4.78 is 0. The molecule has 1 aliphatic heterocycles. The molecule has 0 radical (unpaired) electrons. The molecule has 3 aliphatic carbocycles. The van der Waals surface area contributed by atoms with Crippen LogP contribution in [-0.4, -0.2) is 28.9 Å². The minimum atomic E-state index is -0.120. The maximum absolute atomic E-state index is 13.3. The molecular formula is C23H27N3OS. The van der Waals surface area contributed by atoms with Gasteiger partial charge in [-0.25, -0.2) is 4.98 Å². The number of thiazole rings is 1. The summed E-state index contributed by atoms with van der Waals surface area (Å²) in [4.78, 5) is 20.1. The molecule has 0 spiro atoms. The molecule has 5 heteroatoms. The normalized spacial score (nSPS) is 35.0. The van der Waals surface area contributed by atoms with Gasteiger partial charge in [0.1, 0.15) is 0 Å². The van der Waals surface area contributed by atoms with E-state index in [4.69, 9.17) is 5.73 Å². The van der Waals surface area contributed by atoms with E-state index in [0.29, 0.717) is 17.0 Å². The summed E-state index contributed by atoms with van der Waals surface area (Å²) in [7, 11) is 0. The van der Waals surface area contributed by atoms with E-state index in [1.165, 1.54) is 36.2 Å². The summed E-state index contributed by atoms with van der Waals surface area (Å²) in [6.07, 6.45) is 6.01. The monoisotopic (exact) mass is 393 g/mol. The number of hydrogen-bond donors (Lipinski definition) is 1. The highest BCUT2D eigenvalue weighted by Crippen LogP contribution is 2.69. The van der Waals surface area contributed by atoms with Crippen LogP contribution in [0.5, 0.6) is 0 Å². The number of likely N-dealkylation sites (tertiary alicyclic amines) is 1. The number of hydrogen-bond acceptors (Lipinski definition) is 4. The van der Waals surface area contributed by atoms with Gasteiger partial charge in [-0.2, -0.15) is 0 Å². The molecule has 1 aromatic carbocycles. The lowest BCUT2D eigenvalue weighted by atomic mass is 9.70. The lowest BCUT2D eigenvalue weighted by Crippen LogP contribution is -2.47. The van der Waals surface area contributed by atoms with Crippen molar-refractivity contribution in [2.45, 2.75) is 37.5 Å². The quantitative estimate of drug-likeness (QED) is 0.860. The van der Waals surface area contributed by atoms with Gasteiger partial charge in [0, 0.05) is 29.8 Å². The molecule has 2 N–H and O–H groups in total. The number of anilines is 1. The van der Waals surface area contributed by atoms with Crippen molar-refractivity contribution in [3.05, 3.63) is 47.0 Å². The molecule has 5 atom stereocenters. The summed E-state index contributed by atoms with van der Waals surface area (Å²) in [6, 6.07) is 10.7. The van der Waals surface area contributed by atoms with Crippen LogP contribution < -0.4 is 5.73 Å². The number of nitrogen functional groups attached to an aromatic ring is 1. The topological polar surface area (TPSA) is 59.2 Å². The fourth-order valence-electron chi connectivity index (χ4n) is 6.93. The first-order chi connectivity index (χ1) is 13.7. The maximum atomic E-state index is 13.3. The van der Waals surface area contributed by atoms with E-state index in [-0.39, 0.29) is 5.41 Å². The third kappa shape index (κ3) is 2.35. The predicted molar refractivity (Wildman–Crippen MR) is 111 cm³/mol. The summed E-state index contributed by atoms with van der Waals surface area (Å²) >= 11 is 1.52. The molecular weight excluding hydrogens is 366 g/mol. The van der Waals surface area contributed by atoms with Crippen LogP contribution in [-0.2, 0) is 10.2 Å². The van der Waals surface area contributed by atoms with Gasteiger partial charge >= 0.3 is 0 Å². The van der Waals surface area contributed by atoms with Crippen LogP contribution in [0.4, 0.5) is 5.13 Å². The number of piperidine rings is 1. The predicted octanol–water partition coefficient (Wildman–Crippen LogP) is 3.93. The van der Waals surface area contributed by atoms with Gasteiger partial charge in [0.15, 0.2) is 5.13 Å². The van der Waals surface area contributed by atoms with Gasteiger partial charge in [0.25, 0.3) is 0 Å². The van der Waals surface area contributed by atoms with Gasteiger partial charge in [-0.3, -0.25) is 4.79 Å². The highest BCUT2D eigenvalue weighted by atomic mass is 32.1. The van der Waals surface area contributed by atoms with E-state index in [0.717, 1.165) is 55.3 Å². The second kappa shape index (κ2) is 6.06. The lowest BCUT2D eigenvalue weighted by Gasteiger charge is -2.41. The SMILES string of the molecule is Nc1nc(C2(c3ccccc3)CCN(C(=O)C3[C@@H]4[C@H]5CC[C@H](C5)[C@H]34)CC2)cs1. The molecule has 1 saturated heterocycles. The van der Waals surface area contributed by atoms with Crippen molar-refractivity contribution in [3.8, 4) is 0 Å². The number of carbonyl (C=O) groups is 1. The van der Waals surface area contributed by atoms with Crippen LogP contribution in [0.25, 0.3) is 0 Å². The van der Waals surface area contributed by atoms with Crippen LogP contribution in [0.1, 0.15) is 43.4 Å². The number of carbonyl (C=O) groups excluding carboxylic acids is 1. The third-order valence-corrected chi connectivity index (χ3v) is 8.96. The van der Waals surface area contributed by atoms with Crippen molar-refractivity contribution in [2.75, 3.05) is 18.8 Å². The number of nitrogens with zero attached hydrogens (tertiary/aromatic N) is 2. The van der Waals surface area contributed by atoms with Crippen LogP contribution in [0.3, 0.4) is 0 Å². The van der Waals surface area contributed by atoms with Crippen molar-refractivity contribution in [2.24, 2.45) is 29.6 Å². The van der Waals surface area contributed by atoms with Crippen LogP contribution in [0.2, 0.25) is 0 Å². The zero-order valence-electron chi connectivity index (χ0n) is 16.1. The minimum Gasteiger partial charge on any atom is -0.375 e. The van der Waals surface area contributed by atoms with E-state index < -0.39 is 0 Å². The molecule has 2 aromatic rings. The lowest BCUT2D eigenvalue weighted by molar-refractivity contribution is -0.135. The first kappa shape index (κ1) is 17.0. The van der Waals surface area contributed by atoms with E-state index >= 15 is 0 Å². The fourth-order valence-corrected chi connectivity index (χ4v) is 7.59. The molecule has 1 amide bonds. The van der Waals surface area contributed by atoms with Crippen molar-refractivity contribution in [1.82, 2.24) is 9.88 Å². The fraction of sp³-hybridized carbons (Fsp3) is 0.565. The Morgan fingerprint density at radius 1 is 1.11 bits per heavy atom. The summed E-state index contributed by atoms with van der Waals surface area (Å²) in [5.74, 6) is 3.97. The zero-order valence-corrected chi connectivity index (χ0v) is 16.9. The standard InChI is InChI=1S/C23H27N3OS/c24-22-25-17(13-28-22)23(16-4-2-1-3-5-16)8-10-26(11-9-23)21(27)20-18-14-6-7-15(12-14)19(18)20/h1-5,13-15,18-20H,6-12H2,(H2,24,25)/t14-,15+,18+,19-,20?. The van der Waals surface area contributed by atoms with E-state index in [9.17, 15) is 4.79 Å². The smallest absolute Gasteiger partial charge is 0.226 e. The van der Waals surface area contributed by atoms with Crippen LogP contribution in [0.15, 0.2) is 35.7 Å². The van der Waals surface area contributed by atoms with Crippen molar-refractivity contribution >= 4 is 22.4 Å². The Bertz CT molecular complexity index is 886. The van der Waals surface area contributed by atoms with Gasteiger partial charge in [-0.05, 0) is 61.3 Å². The van der Waals surface area contributed by atoms with E-state index in [1.54, 1.807) is 0 Å². The average molecular weight is 394 g/mol. The molecule has 1 unspecified atom stereocenters. The van der Waals surface area contributed by atoms with Gasteiger partial charge in [-0.1, -0.05) is 30.3 Å². The van der Waals surface area contributed by atoms with E-state index in [2.05, 4.69) is 45.6 Å². The largest absolute Gasteiger partial charge is 0.375 e. The number of benzene rings is 1. The molecule has 146 valence electrons. The van der Waals surface area contributed by atoms with Gasteiger partial charge in [0.05, 0.1) is 5.69 Å². The van der Waals surface area contributed by atoms with Gasteiger partial charge in [0.2, 0.25) is 5.91 Å². The molecule has 2 bridgehead atoms. The first-order valence-corrected chi connectivity index (χ1v) is 11.6.